The van der Waals surface area contributed by atoms with Crippen LogP contribution in [0.4, 0.5) is 0 Å². The Morgan fingerprint density at radius 3 is 2.12 bits per heavy atom. The van der Waals surface area contributed by atoms with Crippen LogP contribution in [0.5, 0.6) is 0 Å². The second-order valence-electron chi connectivity index (χ2n) is 10.8. The van der Waals surface area contributed by atoms with Crippen LogP contribution in [0.25, 0.3) is 0 Å². The number of hydrogen-bond donors (Lipinski definition) is 0. The van der Waals surface area contributed by atoms with E-state index in [1.165, 1.54) is 57.4 Å². The third kappa shape index (κ3) is 7.83. The molecule has 2 aliphatic heterocycles. The fourth-order valence-electron chi connectivity index (χ4n) is 4.74. The number of carbonyl (C=O) groups excluding carboxylic acids is 2. The predicted octanol–water partition coefficient (Wildman–Crippen LogP) is 6.22. The summed E-state index contributed by atoms with van der Waals surface area (Å²) in [6.07, 6.45) is 7.04. The van der Waals surface area contributed by atoms with Gasteiger partial charge in [0.2, 0.25) is 0 Å². The number of ether oxygens (including phenoxy) is 3. The van der Waals surface area contributed by atoms with Crippen molar-refractivity contribution in [3.8, 4) is 0 Å². The van der Waals surface area contributed by atoms with Gasteiger partial charge in [0, 0.05) is 0 Å². The van der Waals surface area contributed by atoms with Crippen molar-refractivity contribution >= 4 is 30.1 Å². The molecule has 2 rings (SSSR count). The summed E-state index contributed by atoms with van der Waals surface area (Å²) in [5, 5.41) is 0. The van der Waals surface area contributed by atoms with Gasteiger partial charge in [-0.1, -0.05) is 0 Å². The minimum atomic E-state index is -2.47. The molecule has 32 heavy (non-hydrogen) atoms. The molecule has 0 spiro atoms. The molecule has 2 heterocycles. The fourth-order valence-corrected chi connectivity index (χ4v) is 20.3. The Hall–Kier alpha value is -0.401. The van der Waals surface area contributed by atoms with Crippen molar-refractivity contribution in [3.05, 3.63) is 9.67 Å². The fraction of sp³-hybridized carbons (Fsp3) is 0.846. The van der Waals surface area contributed by atoms with Gasteiger partial charge in [0.25, 0.3) is 0 Å². The van der Waals surface area contributed by atoms with E-state index in [0.29, 0.717) is 13.0 Å². The SMILES string of the molecule is CCC[CH2][Sn](/[CH]=C1\CO[C@H]2O[C@H](COC(=O)C(C)(C)C)C(=O)C[C@@H]12)([CH2]CCC)[CH2]CCC. The number of Topliss-reactive ketones (excluding diaryl/α,β-unsaturated/α-hetero) is 1. The minimum absolute atomic E-state index is 0.0206. The number of rotatable bonds is 12. The van der Waals surface area contributed by atoms with E-state index in [1.54, 1.807) is 20.8 Å². The van der Waals surface area contributed by atoms with Crippen LogP contribution in [0.15, 0.2) is 9.67 Å². The molecule has 0 saturated carbocycles. The molecule has 0 N–H and O–H groups in total. The standard InChI is InChI=1S/C14H19O5.3C4H9.Sn/c1-8-6-17-12-9(8)5-10(15)11(19-12)7-18-13(16)14(2,3)4;3*1-3-4-2;/h1,9,11-12H,5-7H2,2-4H3;3*1,3-4H2,2H3;/t9-,11+,12-;;;;/m0..../s1. The summed E-state index contributed by atoms with van der Waals surface area (Å²) in [5.74, 6) is -0.246. The molecule has 3 atom stereocenters. The molecule has 2 fully saturated rings. The molecule has 0 unspecified atom stereocenters. The van der Waals surface area contributed by atoms with Crippen molar-refractivity contribution in [2.75, 3.05) is 13.2 Å². The number of hydrogen-bond acceptors (Lipinski definition) is 5. The molecule has 6 heteroatoms. The number of esters is 1. The van der Waals surface area contributed by atoms with E-state index in [-0.39, 0.29) is 30.6 Å². The van der Waals surface area contributed by atoms with Crippen LogP contribution >= 0.6 is 0 Å². The van der Waals surface area contributed by atoms with Crippen molar-refractivity contribution in [2.45, 2.75) is 112 Å². The molecule has 0 radical (unpaired) electrons. The zero-order valence-corrected chi connectivity index (χ0v) is 24.2. The van der Waals surface area contributed by atoms with E-state index in [2.05, 4.69) is 24.9 Å². The molecule has 5 nitrogen and oxygen atoms in total. The van der Waals surface area contributed by atoms with E-state index in [0.717, 1.165) is 0 Å². The average molecular weight is 557 g/mol. The second-order valence-corrected chi connectivity index (χ2v) is 23.7. The van der Waals surface area contributed by atoms with Crippen molar-refractivity contribution in [1.82, 2.24) is 0 Å². The Bertz CT molecular complexity index is 629. The van der Waals surface area contributed by atoms with Gasteiger partial charge in [-0.05, 0) is 0 Å². The Labute approximate surface area is 199 Å². The van der Waals surface area contributed by atoms with Crippen LogP contribution in [-0.2, 0) is 23.8 Å². The van der Waals surface area contributed by atoms with Gasteiger partial charge >= 0.3 is 200 Å². The first kappa shape index (κ1) is 27.8. The van der Waals surface area contributed by atoms with Gasteiger partial charge in [0.1, 0.15) is 0 Å². The van der Waals surface area contributed by atoms with Crippen LogP contribution in [0.2, 0.25) is 13.3 Å². The van der Waals surface area contributed by atoms with Gasteiger partial charge in [-0.3, -0.25) is 0 Å². The molecule has 2 saturated heterocycles. The molecular formula is C26H46O5Sn. The summed E-state index contributed by atoms with van der Waals surface area (Å²) in [5.41, 5.74) is 0.735. The molecule has 0 aromatic heterocycles. The van der Waals surface area contributed by atoms with Crippen LogP contribution < -0.4 is 0 Å². The summed E-state index contributed by atoms with van der Waals surface area (Å²) in [4.78, 5) is 24.9. The zero-order chi connectivity index (χ0) is 23.8. The Balaban J connectivity index is 2.13. The third-order valence-corrected chi connectivity index (χ3v) is 21.2. The van der Waals surface area contributed by atoms with Crippen molar-refractivity contribution in [3.63, 3.8) is 0 Å². The molecule has 0 aromatic rings. The van der Waals surface area contributed by atoms with Crippen molar-refractivity contribution in [2.24, 2.45) is 11.3 Å². The van der Waals surface area contributed by atoms with Crippen molar-refractivity contribution in [1.29, 1.82) is 0 Å². The molecular weight excluding hydrogens is 511 g/mol. The summed E-state index contributed by atoms with van der Waals surface area (Å²) in [6, 6.07) is 0. The first-order chi connectivity index (χ1) is 15.2. The second kappa shape index (κ2) is 12.9. The van der Waals surface area contributed by atoms with Gasteiger partial charge in [-0.25, -0.2) is 0 Å². The molecule has 0 aromatic carbocycles. The predicted molar refractivity (Wildman–Crippen MR) is 131 cm³/mol. The Morgan fingerprint density at radius 1 is 1.06 bits per heavy atom. The third-order valence-electron chi connectivity index (χ3n) is 6.85. The van der Waals surface area contributed by atoms with E-state index in [9.17, 15) is 9.59 Å². The van der Waals surface area contributed by atoms with Gasteiger partial charge in [0.05, 0.1) is 0 Å². The number of ketones is 1. The summed E-state index contributed by atoms with van der Waals surface area (Å²) < 4.78 is 24.3. The molecule has 2 aliphatic rings. The monoisotopic (exact) mass is 558 g/mol. The average Bonchev–Trinajstić information content (AvgIpc) is 3.13. The van der Waals surface area contributed by atoms with Crippen molar-refractivity contribution < 1.29 is 23.8 Å². The van der Waals surface area contributed by atoms with Gasteiger partial charge < -0.3 is 0 Å². The van der Waals surface area contributed by atoms with Crippen LogP contribution in [0, 0.1) is 11.3 Å². The summed E-state index contributed by atoms with van der Waals surface area (Å²) >= 11 is -2.47. The van der Waals surface area contributed by atoms with E-state index < -0.39 is 29.9 Å². The summed E-state index contributed by atoms with van der Waals surface area (Å²) in [7, 11) is 0. The Morgan fingerprint density at radius 2 is 1.62 bits per heavy atom. The molecule has 184 valence electrons. The van der Waals surface area contributed by atoms with E-state index in [4.69, 9.17) is 14.2 Å². The maximum atomic E-state index is 12.8. The maximum absolute atomic E-state index is 12.8. The normalized spacial score (nSPS) is 25.2. The van der Waals surface area contributed by atoms with Crippen LogP contribution in [0.1, 0.15) is 86.5 Å². The molecule has 0 aliphatic carbocycles. The quantitative estimate of drug-likeness (QED) is 0.211. The van der Waals surface area contributed by atoms with Crippen LogP contribution in [0.3, 0.4) is 0 Å². The first-order valence-corrected chi connectivity index (χ1v) is 20.5. The first-order valence-electron chi connectivity index (χ1n) is 12.8. The number of fused-ring (bicyclic) bond motifs is 1. The van der Waals surface area contributed by atoms with Gasteiger partial charge in [-0.2, -0.15) is 0 Å². The number of unbranched alkanes of at least 4 members (excludes halogenated alkanes) is 3. The topological polar surface area (TPSA) is 61.8 Å². The summed E-state index contributed by atoms with van der Waals surface area (Å²) in [6.45, 7) is 12.8. The van der Waals surface area contributed by atoms with E-state index in [1.807, 2.05) is 0 Å². The van der Waals surface area contributed by atoms with E-state index >= 15 is 0 Å². The zero-order valence-electron chi connectivity index (χ0n) is 21.3. The van der Waals surface area contributed by atoms with Crippen LogP contribution in [-0.4, -0.2) is 55.7 Å². The molecule has 0 amide bonds. The van der Waals surface area contributed by atoms with Gasteiger partial charge in [-0.15, -0.1) is 0 Å². The number of carbonyl (C=O) groups is 2. The van der Waals surface area contributed by atoms with Gasteiger partial charge in [0.15, 0.2) is 0 Å². The Kier molecular flexibility index (Phi) is 11.2. The molecule has 0 bridgehead atoms.